The van der Waals surface area contributed by atoms with E-state index in [0.717, 1.165) is 24.3 Å². The zero-order valence-corrected chi connectivity index (χ0v) is 16.6. The molecular weight excluding hydrogens is 348 g/mol. The van der Waals surface area contributed by atoms with Crippen LogP contribution in [0.15, 0.2) is 60.7 Å². The fourth-order valence-corrected chi connectivity index (χ4v) is 3.96. The van der Waals surface area contributed by atoms with Crippen molar-refractivity contribution < 1.29 is 9.59 Å². The number of hydrogen-bond donors (Lipinski definition) is 2. The van der Waals surface area contributed by atoms with Crippen molar-refractivity contribution in [2.75, 3.05) is 0 Å². The van der Waals surface area contributed by atoms with E-state index >= 15 is 0 Å². The van der Waals surface area contributed by atoms with Gasteiger partial charge in [-0.1, -0.05) is 61.9 Å². The molecule has 0 heterocycles. The van der Waals surface area contributed by atoms with Gasteiger partial charge in [0.05, 0.1) is 12.5 Å². The molecule has 0 aromatic heterocycles. The minimum atomic E-state index is -0.346. The van der Waals surface area contributed by atoms with E-state index in [1.807, 2.05) is 48.5 Å². The van der Waals surface area contributed by atoms with Gasteiger partial charge < -0.3 is 10.6 Å². The number of rotatable bonds is 7. The molecule has 2 aromatic rings. The average molecular weight is 379 g/mol. The highest BCUT2D eigenvalue weighted by atomic mass is 16.2. The van der Waals surface area contributed by atoms with E-state index in [-0.39, 0.29) is 30.3 Å². The molecule has 1 aliphatic rings. The Balaban J connectivity index is 1.62. The zero-order chi connectivity index (χ0) is 19.8. The second-order valence-electron chi connectivity index (χ2n) is 7.70. The van der Waals surface area contributed by atoms with Gasteiger partial charge >= 0.3 is 0 Å². The van der Waals surface area contributed by atoms with Crippen LogP contribution in [0.2, 0.25) is 0 Å². The first kappa shape index (κ1) is 20.1. The number of carbonyl (C=O) groups excluding carboxylic acids is 2. The molecule has 2 aromatic carbocycles. The van der Waals surface area contributed by atoms with Crippen LogP contribution < -0.4 is 10.6 Å². The third kappa shape index (κ3) is 5.69. The van der Waals surface area contributed by atoms with Crippen LogP contribution in [0.3, 0.4) is 0 Å². The molecule has 28 heavy (non-hydrogen) atoms. The van der Waals surface area contributed by atoms with Crippen LogP contribution in [0.4, 0.5) is 0 Å². The van der Waals surface area contributed by atoms with E-state index in [9.17, 15) is 9.59 Å². The van der Waals surface area contributed by atoms with Gasteiger partial charge in [-0.05, 0) is 49.3 Å². The topological polar surface area (TPSA) is 58.2 Å². The van der Waals surface area contributed by atoms with E-state index in [4.69, 9.17) is 0 Å². The van der Waals surface area contributed by atoms with Gasteiger partial charge in [0.2, 0.25) is 5.91 Å². The number of carbonyl (C=O) groups is 2. The van der Waals surface area contributed by atoms with Gasteiger partial charge in [-0.2, -0.15) is 0 Å². The molecule has 2 N–H and O–H groups in total. The Labute approximate surface area is 167 Å². The van der Waals surface area contributed by atoms with Gasteiger partial charge in [-0.25, -0.2) is 0 Å². The maximum Gasteiger partial charge on any atom is 0.251 e. The Hall–Kier alpha value is -2.62. The van der Waals surface area contributed by atoms with Crippen LogP contribution in [0, 0.1) is 5.92 Å². The van der Waals surface area contributed by atoms with Crippen molar-refractivity contribution in [1.82, 2.24) is 10.6 Å². The summed E-state index contributed by atoms with van der Waals surface area (Å²) in [5, 5.41) is 6.22. The smallest absolute Gasteiger partial charge is 0.251 e. The van der Waals surface area contributed by atoms with Crippen molar-refractivity contribution in [3.8, 4) is 0 Å². The lowest BCUT2D eigenvalue weighted by Gasteiger charge is -2.29. The van der Waals surface area contributed by atoms with Gasteiger partial charge in [-0.3, -0.25) is 9.59 Å². The second-order valence-corrected chi connectivity index (χ2v) is 7.70. The molecule has 0 aliphatic heterocycles. The van der Waals surface area contributed by atoms with Crippen molar-refractivity contribution in [2.45, 2.75) is 57.5 Å². The van der Waals surface area contributed by atoms with E-state index in [1.165, 1.54) is 19.3 Å². The molecule has 1 atom stereocenters. The fraction of sp³-hybridized carbons (Fsp3) is 0.417. The molecule has 4 heteroatoms. The molecule has 1 saturated carbocycles. The largest absolute Gasteiger partial charge is 0.353 e. The first-order valence-corrected chi connectivity index (χ1v) is 10.4. The standard InChI is InChI=1S/C24H30N2O2/c1-2-18-13-15-21(16-14-18)25-23(27)17-22(19-9-5-3-6-10-19)26-24(28)20-11-7-4-8-12-20/h3-12,18,21-22H,2,13-17H2,1H3,(H,25,27)(H,26,28). The van der Waals surface area contributed by atoms with Gasteiger partial charge in [0.15, 0.2) is 0 Å². The van der Waals surface area contributed by atoms with Crippen molar-refractivity contribution in [3.63, 3.8) is 0 Å². The molecule has 0 spiro atoms. The lowest BCUT2D eigenvalue weighted by molar-refractivity contribution is -0.122. The van der Waals surface area contributed by atoms with Crippen molar-refractivity contribution in [3.05, 3.63) is 71.8 Å². The third-order valence-corrected chi connectivity index (χ3v) is 5.72. The van der Waals surface area contributed by atoms with Crippen LogP contribution in [-0.2, 0) is 4.79 Å². The highest BCUT2D eigenvalue weighted by Gasteiger charge is 2.24. The Morgan fingerprint density at radius 1 is 0.929 bits per heavy atom. The highest BCUT2D eigenvalue weighted by molar-refractivity contribution is 5.94. The summed E-state index contributed by atoms with van der Waals surface area (Å²) in [6.07, 6.45) is 5.95. The minimum absolute atomic E-state index is 0.00200. The molecule has 0 saturated heterocycles. The summed E-state index contributed by atoms with van der Waals surface area (Å²) < 4.78 is 0. The van der Waals surface area contributed by atoms with E-state index in [0.29, 0.717) is 5.56 Å². The summed E-state index contributed by atoms with van der Waals surface area (Å²) in [7, 11) is 0. The first-order chi connectivity index (χ1) is 13.7. The second kappa shape index (κ2) is 10.1. The Bertz CT molecular complexity index is 753. The maximum absolute atomic E-state index is 12.7. The van der Waals surface area contributed by atoms with Crippen molar-refractivity contribution >= 4 is 11.8 Å². The highest BCUT2D eigenvalue weighted by Crippen LogP contribution is 2.27. The fourth-order valence-electron chi connectivity index (χ4n) is 3.96. The summed E-state index contributed by atoms with van der Waals surface area (Å²) in [6, 6.07) is 18.7. The summed E-state index contributed by atoms with van der Waals surface area (Å²) >= 11 is 0. The van der Waals surface area contributed by atoms with Crippen LogP contribution in [0.25, 0.3) is 0 Å². The van der Waals surface area contributed by atoms with E-state index < -0.39 is 0 Å². The number of nitrogens with one attached hydrogen (secondary N) is 2. The summed E-state index contributed by atoms with van der Waals surface area (Å²) in [6.45, 7) is 2.24. The SMILES string of the molecule is CCC1CCC(NC(=O)CC(NC(=O)c2ccccc2)c2ccccc2)CC1. The van der Waals surface area contributed by atoms with Gasteiger partial charge in [0, 0.05) is 11.6 Å². The van der Waals surface area contributed by atoms with Crippen LogP contribution in [-0.4, -0.2) is 17.9 Å². The molecule has 148 valence electrons. The van der Waals surface area contributed by atoms with E-state index in [2.05, 4.69) is 17.6 Å². The predicted molar refractivity (Wildman–Crippen MR) is 112 cm³/mol. The molecule has 2 amide bonds. The zero-order valence-electron chi connectivity index (χ0n) is 16.6. The average Bonchev–Trinajstić information content (AvgIpc) is 2.75. The molecule has 3 rings (SSSR count). The van der Waals surface area contributed by atoms with Crippen molar-refractivity contribution in [1.29, 1.82) is 0 Å². The summed E-state index contributed by atoms with van der Waals surface area (Å²) in [5.41, 5.74) is 1.54. The van der Waals surface area contributed by atoms with Crippen molar-refractivity contribution in [2.24, 2.45) is 5.92 Å². The number of benzene rings is 2. The normalized spacial score (nSPS) is 20.2. The van der Waals surface area contributed by atoms with Crippen LogP contribution in [0.1, 0.15) is 67.4 Å². The lowest BCUT2D eigenvalue weighted by Crippen LogP contribution is -2.40. The third-order valence-electron chi connectivity index (χ3n) is 5.72. The molecule has 4 nitrogen and oxygen atoms in total. The number of hydrogen-bond acceptors (Lipinski definition) is 2. The van der Waals surface area contributed by atoms with E-state index in [1.54, 1.807) is 12.1 Å². The Morgan fingerprint density at radius 3 is 2.14 bits per heavy atom. The lowest BCUT2D eigenvalue weighted by atomic mass is 9.84. The summed E-state index contributed by atoms with van der Waals surface area (Å²) in [4.78, 5) is 25.3. The molecule has 0 radical (unpaired) electrons. The molecule has 1 unspecified atom stereocenters. The van der Waals surface area contributed by atoms with Crippen LogP contribution in [0.5, 0.6) is 0 Å². The van der Waals surface area contributed by atoms with Gasteiger partial charge in [0.25, 0.3) is 5.91 Å². The Kier molecular flexibility index (Phi) is 7.24. The predicted octanol–water partition coefficient (Wildman–Crippen LogP) is 4.63. The number of amides is 2. The molecule has 1 aliphatic carbocycles. The maximum atomic E-state index is 12.7. The monoisotopic (exact) mass is 378 g/mol. The van der Waals surface area contributed by atoms with Crippen LogP contribution >= 0.6 is 0 Å². The minimum Gasteiger partial charge on any atom is -0.353 e. The molecule has 0 bridgehead atoms. The summed E-state index contributed by atoms with van der Waals surface area (Å²) in [5.74, 6) is 0.642. The van der Waals surface area contributed by atoms with Gasteiger partial charge in [0.1, 0.15) is 0 Å². The first-order valence-electron chi connectivity index (χ1n) is 10.4. The Morgan fingerprint density at radius 2 is 1.54 bits per heavy atom. The quantitative estimate of drug-likeness (QED) is 0.738. The molecular formula is C24H30N2O2. The van der Waals surface area contributed by atoms with Gasteiger partial charge in [-0.15, -0.1) is 0 Å². The molecule has 1 fully saturated rings.